The SMILES string of the molecule is C\C=C/C(C)=C(C)\C=C\C(=C\NCCCCC)CC. The minimum Gasteiger partial charge on any atom is -0.391 e. The van der Waals surface area contributed by atoms with Crippen LogP contribution in [0.25, 0.3) is 0 Å². The van der Waals surface area contributed by atoms with Gasteiger partial charge < -0.3 is 5.32 Å². The summed E-state index contributed by atoms with van der Waals surface area (Å²) in [4.78, 5) is 0. The Kier molecular flexibility index (Phi) is 11.1. The zero-order chi connectivity index (χ0) is 14.5. The van der Waals surface area contributed by atoms with Crippen molar-refractivity contribution in [3.63, 3.8) is 0 Å². The van der Waals surface area contributed by atoms with Gasteiger partial charge in [0.15, 0.2) is 0 Å². The van der Waals surface area contributed by atoms with E-state index in [0.717, 1.165) is 13.0 Å². The molecule has 0 heterocycles. The normalized spacial score (nSPS) is 14.3. The van der Waals surface area contributed by atoms with E-state index in [1.165, 1.54) is 36.0 Å². The molecule has 0 unspecified atom stereocenters. The van der Waals surface area contributed by atoms with Crippen LogP contribution in [-0.2, 0) is 0 Å². The number of allylic oxidation sites excluding steroid dienone is 7. The third-order valence-electron chi connectivity index (χ3n) is 3.21. The second-order valence-corrected chi connectivity index (χ2v) is 4.93. The lowest BCUT2D eigenvalue weighted by Gasteiger charge is -2.03. The number of rotatable bonds is 9. The molecular formula is C18H31N. The van der Waals surface area contributed by atoms with Crippen LogP contribution in [0.15, 0.2) is 47.2 Å². The van der Waals surface area contributed by atoms with E-state index in [2.05, 4.69) is 70.4 Å². The van der Waals surface area contributed by atoms with Crippen molar-refractivity contribution in [2.24, 2.45) is 0 Å². The minimum absolute atomic E-state index is 1.06. The average molecular weight is 261 g/mol. The average Bonchev–Trinajstić information content (AvgIpc) is 2.41. The van der Waals surface area contributed by atoms with Gasteiger partial charge in [0.1, 0.15) is 0 Å². The smallest absolute Gasteiger partial charge is 0.0141 e. The summed E-state index contributed by atoms with van der Waals surface area (Å²) in [5.74, 6) is 0. The Bertz CT molecular complexity index is 343. The largest absolute Gasteiger partial charge is 0.391 e. The number of unbranched alkanes of at least 4 members (excludes halogenated alkanes) is 2. The summed E-state index contributed by atoms with van der Waals surface area (Å²) in [5.41, 5.74) is 4.00. The van der Waals surface area contributed by atoms with Gasteiger partial charge in [-0.05, 0) is 56.5 Å². The topological polar surface area (TPSA) is 12.0 Å². The Morgan fingerprint density at radius 3 is 2.21 bits per heavy atom. The maximum absolute atomic E-state index is 3.41. The summed E-state index contributed by atoms with van der Waals surface area (Å²) in [5, 5.41) is 3.41. The van der Waals surface area contributed by atoms with E-state index in [9.17, 15) is 0 Å². The molecule has 0 radical (unpaired) electrons. The molecule has 0 aliphatic rings. The molecule has 0 fully saturated rings. The summed E-state index contributed by atoms with van der Waals surface area (Å²) in [6.07, 6.45) is 15.7. The van der Waals surface area contributed by atoms with Gasteiger partial charge in [0.25, 0.3) is 0 Å². The molecule has 1 nitrogen and oxygen atoms in total. The van der Waals surface area contributed by atoms with Gasteiger partial charge in [0, 0.05) is 6.54 Å². The summed E-state index contributed by atoms with van der Waals surface area (Å²) < 4.78 is 0. The van der Waals surface area contributed by atoms with Crippen LogP contribution in [0.4, 0.5) is 0 Å². The Morgan fingerprint density at radius 2 is 1.63 bits per heavy atom. The molecule has 1 N–H and O–H groups in total. The highest BCUT2D eigenvalue weighted by Gasteiger charge is 1.91. The molecule has 0 aromatic carbocycles. The molecule has 0 aromatic heterocycles. The van der Waals surface area contributed by atoms with Gasteiger partial charge in [0.2, 0.25) is 0 Å². The fourth-order valence-electron chi connectivity index (χ4n) is 1.69. The van der Waals surface area contributed by atoms with Crippen molar-refractivity contribution in [2.45, 2.75) is 60.3 Å². The standard InChI is InChI=1S/C18H31N/c1-6-9-10-14-19-15-18(8-3)13-12-17(5)16(4)11-7-2/h7,11-13,15,19H,6,8-10,14H2,1-5H3/b11-7-,13-12+,17-16-,18-15+. The van der Waals surface area contributed by atoms with Crippen molar-refractivity contribution in [3.05, 3.63) is 47.2 Å². The lowest BCUT2D eigenvalue weighted by atomic mass is 10.1. The van der Waals surface area contributed by atoms with Crippen molar-refractivity contribution in [2.75, 3.05) is 6.54 Å². The van der Waals surface area contributed by atoms with Gasteiger partial charge in [-0.2, -0.15) is 0 Å². The van der Waals surface area contributed by atoms with Gasteiger partial charge >= 0.3 is 0 Å². The third kappa shape index (κ3) is 9.35. The van der Waals surface area contributed by atoms with Crippen LogP contribution in [0.3, 0.4) is 0 Å². The zero-order valence-electron chi connectivity index (χ0n) is 13.4. The van der Waals surface area contributed by atoms with Crippen molar-refractivity contribution in [3.8, 4) is 0 Å². The molecule has 0 saturated carbocycles. The van der Waals surface area contributed by atoms with E-state index in [1.807, 2.05) is 0 Å². The fraction of sp³-hybridized carbons (Fsp3) is 0.556. The molecule has 0 spiro atoms. The number of nitrogens with one attached hydrogen (secondary N) is 1. The van der Waals surface area contributed by atoms with E-state index in [1.54, 1.807) is 0 Å². The zero-order valence-corrected chi connectivity index (χ0v) is 13.4. The minimum atomic E-state index is 1.06. The molecule has 0 amide bonds. The first-order valence-corrected chi connectivity index (χ1v) is 7.56. The Balaban J connectivity index is 4.38. The summed E-state index contributed by atoms with van der Waals surface area (Å²) in [7, 11) is 0. The molecule has 0 atom stereocenters. The quantitative estimate of drug-likeness (QED) is 0.425. The molecule has 0 aromatic rings. The lowest BCUT2D eigenvalue weighted by Crippen LogP contribution is -2.07. The van der Waals surface area contributed by atoms with Gasteiger partial charge in [-0.1, -0.05) is 51.0 Å². The number of hydrogen-bond acceptors (Lipinski definition) is 1. The summed E-state index contributed by atoms with van der Waals surface area (Å²) >= 11 is 0. The molecule has 0 saturated heterocycles. The van der Waals surface area contributed by atoms with Crippen LogP contribution in [0.5, 0.6) is 0 Å². The van der Waals surface area contributed by atoms with Crippen molar-refractivity contribution < 1.29 is 0 Å². The van der Waals surface area contributed by atoms with Gasteiger partial charge in [-0.15, -0.1) is 0 Å². The van der Waals surface area contributed by atoms with Gasteiger partial charge in [0.05, 0.1) is 0 Å². The monoisotopic (exact) mass is 261 g/mol. The molecule has 19 heavy (non-hydrogen) atoms. The third-order valence-corrected chi connectivity index (χ3v) is 3.21. The predicted molar refractivity (Wildman–Crippen MR) is 88.2 cm³/mol. The molecule has 0 bridgehead atoms. The van der Waals surface area contributed by atoms with Crippen LogP contribution in [0.1, 0.15) is 60.3 Å². The van der Waals surface area contributed by atoms with E-state index >= 15 is 0 Å². The van der Waals surface area contributed by atoms with E-state index < -0.39 is 0 Å². The first-order valence-electron chi connectivity index (χ1n) is 7.56. The van der Waals surface area contributed by atoms with Crippen LogP contribution < -0.4 is 5.32 Å². The van der Waals surface area contributed by atoms with Crippen molar-refractivity contribution >= 4 is 0 Å². The molecule has 0 rings (SSSR count). The van der Waals surface area contributed by atoms with Crippen molar-refractivity contribution in [1.82, 2.24) is 5.32 Å². The molecule has 0 aliphatic heterocycles. The molecule has 1 heteroatoms. The second kappa shape index (κ2) is 11.8. The lowest BCUT2D eigenvalue weighted by molar-refractivity contribution is 0.681. The first kappa shape index (κ1) is 17.8. The highest BCUT2D eigenvalue weighted by atomic mass is 14.8. The van der Waals surface area contributed by atoms with Crippen LogP contribution in [0, 0.1) is 0 Å². The van der Waals surface area contributed by atoms with Crippen molar-refractivity contribution in [1.29, 1.82) is 0 Å². The van der Waals surface area contributed by atoms with E-state index in [0.29, 0.717) is 0 Å². The van der Waals surface area contributed by atoms with E-state index in [4.69, 9.17) is 0 Å². The summed E-state index contributed by atoms with van der Waals surface area (Å²) in [6, 6.07) is 0. The molecular weight excluding hydrogens is 230 g/mol. The Hall–Kier alpha value is -1.24. The predicted octanol–water partition coefficient (Wildman–Crippen LogP) is 5.53. The molecule has 108 valence electrons. The highest BCUT2D eigenvalue weighted by molar-refractivity contribution is 5.33. The Labute approximate surface area is 120 Å². The highest BCUT2D eigenvalue weighted by Crippen LogP contribution is 2.09. The summed E-state index contributed by atoms with van der Waals surface area (Å²) in [6.45, 7) is 11.9. The molecule has 0 aliphatic carbocycles. The second-order valence-electron chi connectivity index (χ2n) is 4.93. The number of hydrogen-bond donors (Lipinski definition) is 1. The first-order chi connectivity index (χ1) is 9.15. The van der Waals surface area contributed by atoms with Gasteiger partial charge in [-0.25, -0.2) is 0 Å². The fourth-order valence-corrected chi connectivity index (χ4v) is 1.69. The van der Waals surface area contributed by atoms with Gasteiger partial charge in [-0.3, -0.25) is 0 Å². The van der Waals surface area contributed by atoms with Crippen LogP contribution >= 0.6 is 0 Å². The van der Waals surface area contributed by atoms with E-state index in [-0.39, 0.29) is 0 Å². The van der Waals surface area contributed by atoms with Crippen LogP contribution in [0.2, 0.25) is 0 Å². The Morgan fingerprint density at radius 1 is 0.947 bits per heavy atom. The maximum Gasteiger partial charge on any atom is 0.0141 e. The van der Waals surface area contributed by atoms with Crippen LogP contribution in [-0.4, -0.2) is 6.54 Å². The maximum atomic E-state index is 3.41.